The summed E-state index contributed by atoms with van der Waals surface area (Å²) in [5.74, 6) is 1.35. The summed E-state index contributed by atoms with van der Waals surface area (Å²) in [4.78, 5) is 22.8. The Balaban J connectivity index is 2.40. The van der Waals surface area contributed by atoms with Gasteiger partial charge in [-0.3, -0.25) is 14.9 Å². The lowest BCUT2D eigenvalue weighted by Gasteiger charge is -2.33. The molecule has 0 atom stereocenters. The molecule has 0 aromatic rings. The van der Waals surface area contributed by atoms with Crippen LogP contribution in [0.15, 0.2) is 0 Å². The summed E-state index contributed by atoms with van der Waals surface area (Å²) >= 11 is 0. The number of amides is 1. The average Bonchev–Trinajstić information content (AvgIpc) is 2.37. The molecular weight excluding hydrogens is 232 g/mol. The zero-order valence-corrected chi connectivity index (χ0v) is 10.5. The van der Waals surface area contributed by atoms with Gasteiger partial charge in [-0.15, -0.1) is 6.42 Å². The van der Waals surface area contributed by atoms with Gasteiger partial charge in [0, 0.05) is 6.54 Å². The van der Waals surface area contributed by atoms with Crippen LogP contribution in [0.25, 0.3) is 0 Å². The molecular formula is C13H20N2O3. The Morgan fingerprint density at radius 1 is 1.28 bits per heavy atom. The number of carbonyl (C=O) groups is 2. The highest BCUT2D eigenvalue weighted by Crippen LogP contribution is 2.35. The highest BCUT2D eigenvalue weighted by Gasteiger charge is 2.39. The van der Waals surface area contributed by atoms with Crippen LogP contribution in [0.2, 0.25) is 0 Å². The SMILES string of the molecule is C#CCNCC(=O)NCC1(C(=O)O)CCCCC1. The third kappa shape index (κ3) is 4.04. The number of carboxylic acid groups (broad SMARTS) is 1. The van der Waals surface area contributed by atoms with Crippen LogP contribution in [0.1, 0.15) is 32.1 Å². The first kappa shape index (κ1) is 14.5. The Kier molecular flexibility index (Phi) is 5.66. The van der Waals surface area contributed by atoms with Gasteiger partial charge in [0.25, 0.3) is 0 Å². The zero-order chi connectivity index (χ0) is 13.4. The molecule has 0 radical (unpaired) electrons. The maximum absolute atomic E-state index is 11.5. The molecule has 0 spiro atoms. The Labute approximate surface area is 107 Å². The minimum absolute atomic E-state index is 0.125. The minimum atomic E-state index is -0.806. The molecule has 1 rings (SSSR count). The summed E-state index contributed by atoms with van der Waals surface area (Å²) in [6.07, 6.45) is 9.23. The highest BCUT2D eigenvalue weighted by molar-refractivity contribution is 5.80. The maximum atomic E-state index is 11.5. The van der Waals surface area contributed by atoms with Crippen molar-refractivity contribution >= 4 is 11.9 Å². The first-order chi connectivity index (χ1) is 8.60. The maximum Gasteiger partial charge on any atom is 0.311 e. The molecule has 1 amide bonds. The molecule has 1 saturated carbocycles. The molecule has 0 saturated heterocycles. The van der Waals surface area contributed by atoms with Gasteiger partial charge in [0.15, 0.2) is 0 Å². The van der Waals surface area contributed by atoms with E-state index in [-0.39, 0.29) is 19.0 Å². The number of carbonyl (C=O) groups excluding carboxylic acids is 1. The van der Waals surface area contributed by atoms with Crippen LogP contribution >= 0.6 is 0 Å². The Morgan fingerprint density at radius 3 is 2.50 bits per heavy atom. The highest BCUT2D eigenvalue weighted by atomic mass is 16.4. The minimum Gasteiger partial charge on any atom is -0.481 e. The van der Waals surface area contributed by atoms with E-state index in [9.17, 15) is 14.7 Å². The molecule has 18 heavy (non-hydrogen) atoms. The van der Waals surface area contributed by atoms with Crippen LogP contribution in [0, 0.1) is 17.8 Å². The van der Waals surface area contributed by atoms with E-state index in [1.807, 2.05) is 0 Å². The van der Waals surface area contributed by atoms with Crippen molar-refractivity contribution in [2.45, 2.75) is 32.1 Å². The van der Waals surface area contributed by atoms with Gasteiger partial charge in [-0.25, -0.2) is 0 Å². The van der Waals surface area contributed by atoms with Gasteiger partial charge in [0.2, 0.25) is 5.91 Å². The summed E-state index contributed by atoms with van der Waals surface area (Å²) in [5, 5.41) is 14.8. The van der Waals surface area contributed by atoms with Crippen molar-refractivity contribution in [3.8, 4) is 12.3 Å². The number of hydrogen-bond acceptors (Lipinski definition) is 3. The van der Waals surface area contributed by atoms with Crippen molar-refractivity contribution < 1.29 is 14.7 Å². The van der Waals surface area contributed by atoms with E-state index in [1.54, 1.807) is 0 Å². The predicted octanol–water partition coefficient (Wildman–Crippen LogP) is 0.360. The van der Waals surface area contributed by atoms with E-state index in [4.69, 9.17) is 6.42 Å². The Morgan fingerprint density at radius 2 is 1.94 bits per heavy atom. The molecule has 100 valence electrons. The van der Waals surface area contributed by atoms with Crippen molar-refractivity contribution in [3.05, 3.63) is 0 Å². The molecule has 1 fully saturated rings. The molecule has 0 unspecified atom stereocenters. The van der Waals surface area contributed by atoms with Crippen LogP contribution in [0.5, 0.6) is 0 Å². The third-order valence-corrected chi connectivity index (χ3v) is 3.40. The van der Waals surface area contributed by atoms with Crippen LogP contribution in [-0.2, 0) is 9.59 Å². The van der Waals surface area contributed by atoms with Gasteiger partial charge in [-0.05, 0) is 12.8 Å². The summed E-state index contributed by atoms with van der Waals surface area (Å²) in [5.41, 5.74) is -0.778. The van der Waals surface area contributed by atoms with Crippen LogP contribution < -0.4 is 10.6 Å². The molecule has 0 bridgehead atoms. The molecule has 3 N–H and O–H groups in total. The third-order valence-electron chi connectivity index (χ3n) is 3.40. The summed E-state index contributed by atoms with van der Waals surface area (Å²) in [6.45, 7) is 0.663. The zero-order valence-electron chi connectivity index (χ0n) is 10.5. The van der Waals surface area contributed by atoms with Gasteiger partial charge in [0.05, 0.1) is 18.5 Å². The lowest BCUT2D eigenvalue weighted by molar-refractivity contribution is -0.151. The average molecular weight is 252 g/mol. The predicted molar refractivity (Wildman–Crippen MR) is 67.9 cm³/mol. The number of hydrogen-bond donors (Lipinski definition) is 3. The lowest BCUT2D eigenvalue weighted by Crippen LogP contribution is -2.46. The largest absolute Gasteiger partial charge is 0.481 e. The van der Waals surface area contributed by atoms with Gasteiger partial charge >= 0.3 is 5.97 Å². The fraction of sp³-hybridized carbons (Fsp3) is 0.692. The molecule has 0 heterocycles. The van der Waals surface area contributed by atoms with Crippen LogP contribution in [-0.4, -0.2) is 36.6 Å². The second-order valence-corrected chi connectivity index (χ2v) is 4.73. The van der Waals surface area contributed by atoms with Crippen LogP contribution in [0.4, 0.5) is 0 Å². The fourth-order valence-electron chi connectivity index (χ4n) is 2.27. The topological polar surface area (TPSA) is 78.4 Å². The van der Waals surface area contributed by atoms with Crippen molar-refractivity contribution in [1.29, 1.82) is 0 Å². The summed E-state index contributed by atoms with van der Waals surface area (Å²) in [7, 11) is 0. The number of nitrogens with one attached hydrogen (secondary N) is 2. The second kappa shape index (κ2) is 7.02. The van der Waals surface area contributed by atoms with E-state index in [0.29, 0.717) is 19.4 Å². The van der Waals surface area contributed by atoms with Gasteiger partial charge < -0.3 is 10.4 Å². The van der Waals surface area contributed by atoms with Crippen molar-refractivity contribution in [2.24, 2.45) is 5.41 Å². The molecule has 1 aliphatic rings. The fourth-order valence-corrected chi connectivity index (χ4v) is 2.27. The van der Waals surface area contributed by atoms with Crippen molar-refractivity contribution in [3.63, 3.8) is 0 Å². The van der Waals surface area contributed by atoms with Crippen molar-refractivity contribution in [2.75, 3.05) is 19.6 Å². The van der Waals surface area contributed by atoms with Gasteiger partial charge in [0.1, 0.15) is 0 Å². The quantitative estimate of drug-likeness (QED) is 0.471. The van der Waals surface area contributed by atoms with E-state index in [0.717, 1.165) is 19.3 Å². The van der Waals surface area contributed by atoms with Gasteiger partial charge in [-0.1, -0.05) is 25.2 Å². The van der Waals surface area contributed by atoms with Gasteiger partial charge in [-0.2, -0.15) is 0 Å². The molecule has 5 heteroatoms. The smallest absolute Gasteiger partial charge is 0.311 e. The lowest BCUT2D eigenvalue weighted by atomic mass is 9.74. The van der Waals surface area contributed by atoms with E-state index < -0.39 is 11.4 Å². The second-order valence-electron chi connectivity index (χ2n) is 4.73. The number of rotatable bonds is 6. The number of terminal acetylenes is 1. The molecule has 1 aliphatic carbocycles. The van der Waals surface area contributed by atoms with E-state index in [2.05, 4.69) is 16.6 Å². The first-order valence-electron chi connectivity index (χ1n) is 6.25. The Bertz CT molecular complexity index is 341. The Hall–Kier alpha value is -1.54. The van der Waals surface area contributed by atoms with E-state index in [1.165, 1.54) is 0 Å². The molecule has 0 aromatic carbocycles. The number of carboxylic acids is 1. The number of aliphatic carboxylic acids is 1. The first-order valence-corrected chi connectivity index (χ1v) is 6.25. The van der Waals surface area contributed by atoms with Crippen molar-refractivity contribution in [1.82, 2.24) is 10.6 Å². The normalized spacial score (nSPS) is 17.7. The summed E-state index contributed by atoms with van der Waals surface area (Å²) < 4.78 is 0. The molecule has 0 aliphatic heterocycles. The van der Waals surface area contributed by atoms with Crippen LogP contribution in [0.3, 0.4) is 0 Å². The molecule has 0 aromatic heterocycles. The molecule has 5 nitrogen and oxygen atoms in total. The monoisotopic (exact) mass is 252 g/mol. The standard InChI is InChI=1S/C13H20N2O3/c1-2-8-14-9-11(16)15-10-13(12(17)18)6-4-3-5-7-13/h1,14H,3-10H2,(H,15,16)(H,17,18). The van der Waals surface area contributed by atoms with E-state index >= 15 is 0 Å². The summed E-state index contributed by atoms with van der Waals surface area (Å²) in [6, 6.07) is 0.